The number of benzene rings is 2. The van der Waals surface area contributed by atoms with Crippen LogP contribution in [0.4, 0.5) is 0 Å². The molecule has 0 aliphatic rings. The van der Waals surface area contributed by atoms with E-state index in [1.165, 1.54) is 4.90 Å². The summed E-state index contributed by atoms with van der Waals surface area (Å²) >= 11 is 1.76. The van der Waals surface area contributed by atoms with Crippen LogP contribution >= 0.6 is 11.8 Å². The Kier molecular flexibility index (Phi) is 4.27. The summed E-state index contributed by atoms with van der Waals surface area (Å²) < 4.78 is 5.12. The molecule has 0 saturated carbocycles. The van der Waals surface area contributed by atoms with Crippen LogP contribution in [0.15, 0.2) is 53.4 Å². The van der Waals surface area contributed by atoms with Gasteiger partial charge in [-0.2, -0.15) is 5.26 Å². The summed E-state index contributed by atoms with van der Waals surface area (Å²) in [5.41, 5.74) is 1.71. The minimum absolute atomic E-state index is 0.587. The third-order valence-corrected chi connectivity index (χ3v) is 3.62. The van der Waals surface area contributed by atoms with Gasteiger partial charge < -0.3 is 4.74 Å². The van der Waals surface area contributed by atoms with Crippen molar-refractivity contribution in [3.63, 3.8) is 0 Å². The van der Waals surface area contributed by atoms with Crippen molar-refractivity contribution in [1.29, 1.82) is 5.26 Å². The SMILES string of the molecule is COc1ccc(CSc2ccccc2)cc1C#N. The molecule has 0 aliphatic heterocycles. The molecule has 2 aromatic rings. The first-order valence-electron chi connectivity index (χ1n) is 5.58. The number of hydrogen-bond acceptors (Lipinski definition) is 3. The second-order valence-corrected chi connectivity index (χ2v) is 4.80. The van der Waals surface area contributed by atoms with Crippen LogP contribution in [-0.2, 0) is 5.75 Å². The van der Waals surface area contributed by atoms with Crippen molar-refractivity contribution in [2.45, 2.75) is 10.6 Å². The van der Waals surface area contributed by atoms with Gasteiger partial charge >= 0.3 is 0 Å². The summed E-state index contributed by atoms with van der Waals surface area (Å²) in [4.78, 5) is 1.23. The second-order valence-electron chi connectivity index (χ2n) is 3.75. The molecule has 0 fully saturated rings. The van der Waals surface area contributed by atoms with E-state index in [0.29, 0.717) is 11.3 Å². The van der Waals surface area contributed by atoms with Crippen molar-refractivity contribution in [1.82, 2.24) is 0 Å². The molecular formula is C15H13NOS. The molecule has 0 aromatic heterocycles. The topological polar surface area (TPSA) is 33.0 Å². The quantitative estimate of drug-likeness (QED) is 0.778. The lowest BCUT2D eigenvalue weighted by atomic mass is 10.1. The molecule has 3 heteroatoms. The van der Waals surface area contributed by atoms with E-state index in [2.05, 4.69) is 18.2 Å². The van der Waals surface area contributed by atoms with E-state index < -0.39 is 0 Å². The van der Waals surface area contributed by atoms with Crippen LogP contribution < -0.4 is 4.74 Å². The number of methoxy groups -OCH3 is 1. The van der Waals surface area contributed by atoms with Crippen LogP contribution in [0.5, 0.6) is 5.75 Å². The Labute approximate surface area is 111 Å². The second kappa shape index (κ2) is 6.13. The van der Waals surface area contributed by atoms with E-state index in [1.807, 2.05) is 36.4 Å². The van der Waals surface area contributed by atoms with Gasteiger partial charge in [0, 0.05) is 10.6 Å². The average Bonchev–Trinajstić information content (AvgIpc) is 2.45. The summed E-state index contributed by atoms with van der Waals surface area (Å²) in [5, 5.41) is 9.02. The normalized spacial score (nSPS) is 9.78. The molecule has 0 radical (unpaired) electrons. The Morgan fingerprint density at radius 2 is 1.94 bits per heavy atom. The Morgan fingerprint density at radius 3 is 2.61 bits per heavy atom. The number of ether oxygens (including phenoxy) is 1. The molecule has 0 N–H and O–H groups in total. The molecule has 0 saturated heterocycles. The highest BCUT2D eigenvalue weighted by Crippen LogP contribution is 2.25. The minimum Gasteiger partial charge on any atom is -0.495 e. The third kappa shape index (κ3) is 3.06. The van der Waals surface area contributed by atoms with E-state index in [4.69, 9.17) is 10.00 Å². The molecule has 0 heterocycles. The van der Waals surface area contributed by atoms with Gasteiger partial charge in [-0.05, 0) is 29.8 Å². The van der Waals surface area contributed by atoms with Crippen LogP contribution in [0.25, 0.3) is 0 Å². The van der Waals surface area contributed by atoms with Crippen LogP contribution in [0.3, 0.4) is 0 Å². The summed E-state index contributed by atoms with van der Waals surface area (Å²) in [5.74, 6) is 1.48. The molecule has 0 bridgehead atoms. The van der Waals surface area contributed by atoms with Gasteiger partial charge in [0.1, 0.15) is 11.8 Å². The van der Waals surface area contributed by atoms with Gasteiger partial charge in [-0.15, -0.1) is 11.8 Å². The van der Waals surface area contributed by atoms with Gasteiger partial charge in [0.2, 0.25) is 0 Å². The van der Waals surface area contributed by atoms with Gasteiger partial charge in [0.05, 0.1) is 12.7 Å². The standard InChI is InChI=1S/C15H13NOS/c1-17-15-8-7-12(9-13(15)10-16)11-18-14-5-3-2-4-6-14/h2-9H,11H2,1H3. The number of rotatable bonds is 4. The van der Waals surface area contributed by atoms with Crippen molar-refractivity contribution in [3.05, 3.63) is 59.7 Å². The molecule has 0 unspecified atom stereocenters. The molecule has 0 aliphatic carbocycles. The highest BCUT2D eigenvalue weighted by atomic mass is 32.2. The predicted molar refractivity (Wildman–Crippen MR) is 73.7 cm³/mol. The van der Waals surface area contributed by atoms with Crippen LogP contribution in [0.2, 0.25) is 0 Å². The van der Waals surface area contributed by atoms with Crippen molar-refractivity contribution in [2.24, 2.45) is 0 Å². The highest BCUT2D eigenvalue weighted by molar-refractivity contribution is 7.98. The molecule has 2 aromatic carbocycles. The lowest BCUT2D eigenvalue weighted by Gasteiger charge is -2.06. The lowest BCUT2D eigenvalue weighted by Crippen LogP contribution is -1.90. The zero-order chi connectivity index (χ0) is 12.8. The maximum absolute atomic E-state index is 9.02. The Hall–Kier alpha value is -1.92. The van der Waals surface area contributed by atoms with Crippen LogP contribution in [0, 0.1) is 11.3 Å². The zero-order valence-corrected chi connectivity index (χ0v) is 10.9. The molecular weight excluding hydrogens is 242 g/mol. The average molecular weight is 255 g/mol. The van der Waals surface area contributed by atoms with Crippen molar-refractivity contribution in [2.75, 3.05) is 7.11 Å². The number of nitriles is 1. The van der Waals surface area contributed by atoms with Gasteiger partial charge in [0.25, 0.3) is 0 Å². The Bertz CT molecular complexity index is 560. The molecule has 2 rings (SSSR count). The summed E-state index contributed by atoms with van der Waals surface area (Å²) in [6.45, 7) is 0. The molecule has 0 amide bonds. The van der Waals surface area contributed by atoms with E-state index in [0.717, 1.165) is 11.3 Å². The first-order valence-corrected chi connectivity index (χ1v) is 6.57. The maximum Gasteiger partial charge on any atom is 0.136 e. The lowest BCUT2D eigenvalue weighted by molar-refractivity contribution is 0.413. The van der Waals surface area contributed by atoms with E-state index in [9.17, 15) is 0 Å². The van der Waals surface area contributed by atoms with Gasteiger partial charge in [0.15, 0.2) is 0 Å². The van der Waals surface area contributed by atoms with Gasteiger partial charge in [-0.25, -0.2) is 0 Å². The fourth-order valence-electron chi connectivity index (χ4n) is 1.62. The number of hydrogen-bond donors (Lipinski definition) is 0. The fraction of sp³-hybridized carbons (Fsp3) is 0.133. The van der Waals surface area contributed by atoms with E-state index in [1.54, 1.807) is 18.9 Å². The van der Waals surface area contributed by atoms with Crippen molar-refractivity contribution < 1.29 is 4.74 Å². The number of nitrogens with zero attached hydrogens (tertiary/aromatic N) is 1. The zero-order valence-electron chi connectivity index (χ0n) is 10.1. The minimum atomic E-state index is 0.587. The smallest absolute Gasteiger partial charge is 0.136 e. The van der Waals surface area contributed by atoms with E-state index >= 15 is 0 Å². The fourth-order valence-corrected chi connectivity index (χ4v) is 2.48. The summed E-state index contributed by atoms with van der Waals surface area (Å²) in [6.07, 6.45) is 0. The largest absolute Gasteiger partial charge is 0.495 e. The highest BCUT2D eigenvalue weighted by Gasteiger charge is 2.04. The molecule has 90 valence electrons. The Balaban J connectivity index is 2.09. The third-order valence-electron chi connectivity index (χ3n) is 2.53. The number of thioether (sulfide) groups is 1. The molecule has 18 heavy (non-hydrogen) atoms. The van der Waals surface area contributed by atoms with Crippen LogP contribution in [-0.4, -0.2) is 7.11 Å². The predicted octanol–water partition coefficient (Wildman–Crippen LogP) is 3.86. The summed E-state index contributed by atoms with van der Waals surface area (Å²) in [6, 6.07) is 18.1. The van der Waals surface area contributed by atoms with Crippen molar-refractivity contribution in [3.8, 4) is 11.8 Å². The monoisotopic (exact) mass is 255 g/mol. The molecule has 0 atom stereocenters. The van der Waals surface area contributed by atoms with Crippen LogP contribution in [0.1, 0.15) is 11.1 Å². The van der Waals surface area contributed by atoms with E-state index in [-0.39, 0.29) is 0 Å². The first kappa shape index (κ1) is 12.5. The van der Waals surface area contributed by atoms with Gasteiger partial charge in [-0.3, -0.25) is 0 Å². The van der Waals surface area contributed by atoms with Crippen molar-refractivity contribution >= 4 is 11.8 Å². The first-order chi connectivity index (χ1) is 8.83. The maximum atomic E-state index is 9.02. The van der Waals surface area contributed by atoms with Gasteiger partial charge in [-0.1, -0.05) is 24.3 Å². The summed E-state index contributed by atoms with van der Waals surface area (Å²) in [7, 11) is 1.58. The molecule has 0 spiro atoms. The molecule has 2 nitrogen and oxygen atoms in total. The Morgan fingerprint density at radius 1 is 1.17 bits per heavy atom.